The summed E-state index contributed by atoms with van der Waals surface area (Å²) in [5.74, 6) is -0.927. The van der Waals surface area contributed by atoms with E-state index >= 15 is 0 Å². The number of carboxylic acids is 1. The molecule has 2 fully saturated rings. The van der Waals surface area contributed by atoms with Gasteiger partial charge >= 0.3 is 5.97 Å². The third kappa shape index (κ3) is 1.21. The van der Waals surface area contributed by atoms with E-state index in [2.05, 4.69) is 0 Å². The fourth-order valence-electron chi connectivity index (χ4n) is 1.60. The lowest BCUT2D eigenvalue weighted by atomic mass is 9.80. The van der Waals surface area contributed by atoms with Crippen LogP contribution >= 0.6 is 0 Å². The fraction of sp³-hybridized carbons (Fsp3) is 0.875. The van der Waals surface area contributed by atoms with Gasteiger partial charge in [-0.2, -0.15) is 0 Å². The van der Waals surface area contributed by atoms with Gasteiger partial charge in [0.15, 0.2) is 6.10 Å². The van der Waals surface area contributed by atoms with Gasteiger partial charge in [-0.1, -0.05) is 0 Å². The molecule has 1 N–H and O–H groups in total. The number of carboxylic acid groups (broad SMARTS) is 1. The number of carbonyl (C=O) groups is 1. The average Bonchev–Trinajstić information content (AvgIpc) is 2.02. The molecule has 1 aliphatic carbocycles. The van der Waals surface area contributed by atoms with Crippen LogP contribution in [-0.2, 0) is 14.3 Å². The number of rotatable bonds is 1. The molecule has 4 heteroatoms. The summed E-state index contributed by atoms with van der Waals surface area (Å²) >= 11 is 0. The molecular formula is C8H12O4. The van der Waals surface area contributed by atoms with E-state index in [0.717, 1.165) is 12.8 Å². The largest absolute Gasteiger partial charge is 0.479 e. The van der Waals surface area contributed by atoms with Crippen molar-refractivity contribution in [3.8, 4) is 0 Å². The number of ether oxygens (including phenoxy) is 2. The second-order valence-corrected chi connectivity index (χ2v) is 3.49. The second kappa shape index (κ2) is 2.71. The molecule has 4 nitrogen and oxygen atoms in total. The van der Waals surface area contributed by atoms with Crippen molar-refractivity contribution in [3.05, 3.63) is 0 Å². The zero-order valence-corrected chi connectivity index (χ0v) is 6.78. The Labute approximate surface area is 70.5 Å². The molecule has 1 spiro atoms. The molecule has 1 atom stereocenters. The normalized spacial score (nSPS) is 32.8. The first kappa shape index (κ1) is 8.01. The van der Waals surface area contributed by atoms with Crippen molar-refractivity contribution in [3.63, 3.8) is 0 Å². The summed E-state index contributed by atoms with van der Waals surface area (Å²) in [7, 11) is 0. The molecule has 68 valence electrons. The molecular weight excluding hydrogens is 160 g/mol. The van der Waals surface area contributed by atoms with Crippen molar-refractivity contribution >= 4 is 5.97 Å². The maximum atomic E-state index is 10.5. The van der Waals surface area contributed by atoms with E-state index in [9.17, 15) is 4.79 Å². The van der Waals surface area contributed by atoms with Gasteiger partial charge in [0.1, 0.15) is 0 Å². The van der Waals surface area contributed by atoms with E-state index < -0.39 is 12.1 Å². The topological polar surface area (TPSA) is 55.8 Å². The zero-order valence-electron chi connectivity index (χ0n) is 6.78. The van der Waals surface area contributed by atoms with Crippen LogP contribution in [-0.4, -0.2) is 36.0 Å². The van der Waals surface area contributed by atoms with Gasteiger partial charge < -0.3 is 14.6 Å². The van der Waals surface area contributed by atoms with Crippen molar-refractivity contribution in [2.75, 3.05) is 13.2 Å². The van der Waals surface area contributed by atoms with Gasteiger partial charge in [-0.15, -0.1) is 0 Å². The molecule has 1 aliphatic heterocycles. The minimum atomic E-state index is -0.927. The Kier molecular flexibility index (Phi) is 1.81. The predicted octanol–water partition coefficient (Wildman–Crippen LogP) is 0.409. The molecule has 2 aliphatic rings. The molecule has 0 aromatic carbocycles. The summed E-state index contributed by atoms with van der Waals surface area (Å²) in [6.45, 7) is 0.652. The quantitative estimate of drug-likeness (QED) is 0.622. The second-order valence-electron chi connectivity index (χ2n) is 3.49. The van der Waals surface area contributed by atoms with Crippen LogP contribution in [0.3, 0.4) is 0 Å². The van der Waals surface area contributed by atoms with Crippen LogP contribution in [0.25, 0.3) is 0 Å². The highest BCUT2D eigenvalue weighted by molar-refractivity contribution is 5.72. The first-order chi connectivity index (χ1) is 5.72. The summed E-state index contributed by atoms with van der Waals surface area (Å²) in [5, 5.41) is 8.59. The molecule has 2 rings (SSSR count). The van der Waals surface area contributed by atoms with Crippen molar-refractivity contribution in [1.29, 1.82) is 0 Å². The van der Waals surface area contributed by atoms with Gasteiger partial charge in [-0.25, -0.2) is 4.79 Å². The molecule has 12 heavy (non-hydrogen) atoms. The highest BCUT2D eigenvalue weighted by Gasteiger charge is 2.43. The molecule has 1 saturated heterocycles. The predicted molar refractivity (Wildman–Crippen MR) is 39.9 cm³/mol. The monoisotopic (exact) mass is 172 g/mol. The molecule has 1 heterocycles. The number of aliphatic carboxylic acids is 1. The molecule has 0 amide bonds. The van der Waals surface area contributed by atoms with Gasteiger partial charge in [0, 0.05) is 0 Å². The van der Waals surface area contributed by atoms with Gasteiger partial charge in [0.2, 0.25) is 0 Å². The Bertz CT molecular complexity index is 187. The molecule has 1 unspecified atom stereocenters. The lowest BCUT2D eigenvalue weighted by molar-refractivity contribution is -0.224. The van der Waals surface area contributed by atoms with Crippen molar-refractivity contribution < 1.29 is 19.4 Å². The molecule has 0 aromatic heterocycles. The van der Waals surface area contributed by atoms with E-state index in [0.29, 0.717) is 6.61 Å². The van der Waals surface area contributed by atoms with Crippen LogP contribution in [0.5, 0.6) is 0 Å². The van der Waals surface area contributed by atoms with Crippen molar-refractivity contribution in [2.24, 2.45) is 0 Å². The minimum absolute atomic E-state index is 0.119. The SMILES string of the molecule is O=C(O)C1COC2(CCC2)CO1. The van der Waals surface area contributed by atoms with E-state index in [1.807, 2.05) is 0 Å². The standard InChI is InChI=1S/C8H12O4/c9-7(10)6-4-12-8(5-11-6)2-1-3-8/h6H,1-5H2,(H,9,10). The fourth-order valence-corrected chi connectivity index (χ4v) is 1.60. The Morgan fingerprint density at radius 2 is 2.25 bits per heavy atom. The highest BCUT2D eigenvalue weighted by Crippen LogP contribution is 2.38. The van der Waals surface area contributed by atoms with Gasteiger partial charge in [-0.05, 0) is 19.3 Å². The first-order valence-electron chi connectivity index (χ1n) is 4.20. The van der Waals surface area contributed by atoms with Crippen LogP contribution in [0.4, 0.5) is 0 Å². The van der Waals surface area contributed by atoms with Crippen LogP contribution in [0.2, 0.25) is 0 Å². The van der Waals surface area contributed by atoms with Crippen LogP contribution in [0.15, 0.2) is 0 Å². The summed E-state index contributed by atoms with van der Waals surface area (Å²) in [6.07, 6.45) is 2.44. The molecule has 0 bridgehead atoms. The smallest absolute Gasteiger partial charge is 0.335 e. The summed E-state index contributed by atoms with van der Waals surface area (Å²) < 4.78 is 10.6. The van der Waals surface area contributed by atoms with E-state index in [1.165, 1.54) is 6.42 Å². The Morgan fingerprint density at radius 1 is 1.50 bits per heavy atom. The van der Waals surface area contributed by atoms with Gasteiger partial charge in [0.25, 0.3) is 0 Å². The van der Waals surface area contributed by atoms with Crippen molar-refractivity contribution in [1.82, 2.24) is 0 Å². The molecule has 1 saturated carbocycles. The summed E-state index contributed by atoms with van der Waals surface area (Å²) in [6, 6.07) is 0. The van der Waals surface area contributed by atoms with Gasteiger partial charge in [-0.3, -0.25) is 0 Å². The van der Waals surface area contributed by atoms with Crippen molar-refractivity contribution in [2.45, 2.75) is 31.0 Å². The lowest BCUT2D eigenvalue weighted by Crippen LogP contribution is -2.53. The average molecular weight is 172 g/mol. The maximum Gasteiger partial charge on any atom is 0.335 e. The van der Waals surface area contributed by atoms with Crippen LogP contribution < -0.4 is 0 Å². The Morgan fingerprint density at radius 3 is 2.58 bits per heavy atom. The summed E-state index contributed by atoms with van der Waals surface area (Å²) in [5.41, 5.74) is -0.119. The number of hydrogen-bond acceptors (Lipinski definition) is 3. The third-order valence-electron chi connectivity index (χ3n) is 2.63. The summed E-state index contributed by atoms with van der Waals surface area (Å²) in [4.78, 5) is 10.5. The Hall–Kier alpha value is -0.610. The molecule has 0 radical (unpaired) electrons. The molecule has 0 aromatic rings. The third-order valence-corrected chi connectivity index (χ3v) is 2.63. The van der Waals surface area contributed by atoms with E-state index in [4.69, 9.17) is 14.6 Å². The zero-order chi connectivity index (χ0) is 8.60. The van der Waals surface area contributed by atoms with Crippen LogP contribution in [0, 0.1) is 0 Å². The number of hydrogen-bond donors (Lipinski definition) is 1. The lowest BCUT2D eigenvalue weighted by Gasteiger charge is -2.45. The first-order valence-corrected chi connectivity index (χ1v) is 4.20. The highest BCUT2D eigenvalue weighted by atomic mass is 16.6. The Balaban J connectivity index is 1.88. The van der Waals surface area contributed by atoms with E-state index in [-0.39, 0.29) is 12.2 Å². The maximum absolute atomic E-state index is 10.5. The van der Waals surface area contributed by atoms with E-state index in [1.54, 1.807) is 0 Å². The van der Waals surface area contributed by atoms with Gasteiger partial charge in [0.05, 0.1) is 18.8 Å². The minimum Gasteiger partial charge on any atom is -0.479 e. The van der Waals surface area contributed by atoms with Crippen LogP contribution in [0.1, 0.15) is 19.3 Å².